The molecule has 0 unspecified atom stereocenters. The lowest BCUT2D eigenvalue weighted by molar-refractivity contribution is -0.386. The van der Waals surface area contributed by atoms with Gasteiger partial charge in [-0.25, -0.2) is 5.43 Å². The van der Waals surface area contributed by atoms with Crippen molar-refractivity contribution in [3.63, 3.8) is 0 Å². The highest BCUT2D eigenvalue weighted by molar-refractivity contribution is 9.10. The second-order valence-electron chi connectivity index (χ2n) is 5.42. The summed E-state index contributed by atoms with van der Waals surface area (Å²) in [5.74, 6) is -1.04. The number of nitro benzene ring substituents is 2. The van der Waals surface area contributed by atoms with Gasteiger partial charge in [0.1, 0.15) is 0 Å². The highest BCUT2D eigenvalue weighted by Gasteiger charge is 2.17. The molecule has 142 valence electrons. The van der Waals surface area contributed by atoms with Gasteiger partial charge in [0.15, 0.2) is 0 Å². The number of rotatable bonds is 5. The molecule has 1 aromatic heterocycles. The summed E-state index contributed by atoms with van der Waals surface area (Å²) in [4.78, 5) is 33.0. The smallest absolute Gasteiger partial charge is 0.312 e. The van der Waals surface area contributed by atoms with Crippen molar-refractivity contribution in [1.29, 1.82) is 0 Å². The molecule has 1 heterocycles. The average molecular weight is 465 g/mol. The van der Waals surface area contributed by atoms with E-state index < -0.39 is 27.2 Å². The molecule has 1 amide bonds. The highest BCUT2D eigenvalue weighted by atomic mass is 79.9. The number of aromatic hydroxyl groups is 1. The number of carbonyl (C=O) groups excluding carboxylic acids is 1. The molecule has 0 radical (unpaired) electrons. The first-order chi connectivity index (χ1) is 13.3. The minimum Gasteiger partial charge on any atom is -0.501 e. The average Bonchev–Trinajstić information content (AvgIpc) is 3.07. The predicted molar refractivity (Wildman–Crippen MR) is 106 cm³/mol. The lowest BCUT2D eigenvalue weighted by Crippen LogP contribution is -2.16. The van der Waals surface area contributed by atoms with Crippen LogP contribution in [-0.2, 0) is 0 Å². The first kappa shape index (κ1) is 19.4. The summed E-state index contributed by atoms with van der Waals surface area (Å²) >= 11 is 4.15. The Bertz CT molecular complexity index is 1160. The quantitative estimate of drug-likeness (QED) is 0.331. The van der Waals surface area contributed by atoms with Crippen LogP contribution in [0.2, 0.25) is 0 Å². The van der Waals surface area contributed by atoms with Crippen molar-refractivity contribution in [3.05, 3.63) is 71.5 Å². The van der Waals surface area contributed by atoms with Gasteiger partial charge in [-0.05, 0) is 34.1 Å². The Kier molecular flexibility index (Phi) is 5.33. The number of non-ortho nitro benzene ring substituents is 1. The Hall–Kier alpha value is -3.38. The topological polar surface area (TPSA) is 148 Å². The van der Waals surface area contributed by atoms with Gasteiger partial charge >= 0.3 is 5.69 Å². The van der Waals surface area contributed by atoms with Crippen molar-refractivity contribution in [2.24, 2.45) is 5.10 Å². The van der Waals surface area contributed by atoms with Gasteiger partial charge in [-0.15, -0.1) is 11.3 Å². The molecule has 28 heavy (non-hydrogen) atoms. The fraction of sp³-hybridized carbons (Fsp3) is 0. The van der Waals surface area contributed by atoms with Crippen molar-refractivity contribution >= 4 is 60.8 Å². The van der Waals surface area contributed by atoms with E-state index in [0.717, 1.165) is 17.4 Å². The number of phenolic OH excluding ortho intramolecular Hbond substituents is 1. The molecule has 0 bridgehead atoms. The minimum absolute atomic E-state index is 0.0743. The number of nitro groups is 2. The number of hydrazone groups is 1. The highest BCUT2D eigenvalue weighted by Crippen LogP contribution is 2.34. The van der Waals surface area contributed by atoms with Crippen LogP contribution in [0.1, 0.15) is 15.2 Å². The second kappa shape index (κ2) is 7.70. The maximum atomic E-state index is 12.2. The van der Waals surface area contributed by atoms with E-state index in [-0.39, 0.29) is 15.7 Å². The van der Waals surface area contributed by atoms with Crippen LogP contribution < -0.4 is 5.43 Å². The van der Waals surface area contributed by atoms with Gasteiger partial charge in [0.2, 0.25) is 5.75 Å². The maximum Gasteiger partial charge on any atom is 0.312 e. The van der Waals surface area contributed by atoms with Gasteiger partial charge in [-0.1, -0.05) is 0 Å². The zero-order valence-corrected chi connectivity index (χ0v) is 16.1. The largest absolute Gasteiger partial charge is 0.501 e. The summed E-state index contributed by atoms with van der Waals surface area (Å²) in [7, 11) is 0. The first-order valence-electron chi connectivity index (χ1n) is 7.44. The Balaban J connectivity index is 1.78. The van der Waals surface area contributed by atoms with Crippen molar-refractivity contribution in [2.75, 3.05) is 0 Å². The van der Waals surface area contributed by atoms with Crippen molar-refractivity contribution in [3.8, 4) is 5.75 Å². The Labute approximate surface area is 168 Å². The van der Waals surface area contributed by atoms with Gasteiger partial charge in [0, 0.05) is 33.8 Å². The SMILES string of the molecule is O=C(N/N=C\c1cc(Br)c(O)c([N+](=O)[O-])c1)c1cc2cc([N+](=O)[O-])ccc2s1. The Morgan fingerprint density at radius 2 is 1.93 bits per heavy atom. The van der Waals surface area contributed by atoms with E-state index in [0.29, 0.717) is 15.0 Å². The van der Waals surface area contributed by atoms with Gasteiger partial charge in [0.25, 0.3) is 11.6 Å². The summed E-state index contributed by atoms with van der Waals surface area (Å²) < 4.78 is 0.818. The van der Waals surface area contributed by atoms with Crippen LogP contribution in [0.4, 0.5) is 11.4 Å². The van der Waals surface area contributed by atoms with Crippen LogP contribution in [0.3, 0.4) is 0 Å². The van der Waals surface area contributed by atoms with Crippen LogP contribution in [0.15, 0.2) is 46.0 Å². The Morgan fingerprint density at radius 3 is 2.61 bits per heavy atom. The van der Waals surface area contributed by atoms with E-state index in [1.165, 1.54) is 30.5 Å². The van der Waals surface area contributed by atoms with Crippen molar-refractivity contribution in [1.82, 2.24) is 5.43 Å². The van der Waals surface area contributed by atoms with Crippen LogP contribution in [-0.4, -0.2) is 27.1 Å². The van der Waals surface area contributed by atoms with Crippen LogP contribution >= 0.6 is 27.3 Å². The van der Waals surface area contributed by atoms with Crippen LogP contribution in [0.5, 0.6) is 5.75 Å². The van der Waals surface area contributed by atoms with Gasteiger partial charge in [0.05, 0.1) is 25.4 Å². The number of hydrogen-bond donors (Lipinski definition) is 2. The molecule has 0 atom stereocenters. The minimum atomic E-state index is -0.744. The molecule has 0 aliphatic carbocycles. The molecule has 3 aromatic rings. The summed E-state index contributed by atoms with van der Waals surface area (Å²) in [6.45, 7) is 0. The second-order valence-corrected chi connectivity index (χ2v) is 7.35. The van der Waals surface area contributed by atoms with Crippen LogP contribution in [0, 0.1) is 20.2 Å². The fourth-order valence-corrected chi connectivity index (χ4v) is 3.70. The summed E-state index contributed by atoms with van der Waals surface area (Å²) in [6.07, 6.45) is 1.19. The van der Waals surface area contributed by atoms with Crippen molar-refractivity contribution < 1.29 is 19.7 Å². The third-order valence-corrected chi connectivity index (χ3v) is 5.30. The lowest BCUT2D eigenvalue weighted by atomic mass is 10.2. The fourth-order valence-electron chi connectivity index (χ4n) is 2.30. The maximum absolute atomic E-state index is 12.2. The predicted octanol–water partition coefficient (Wildman–Crippen LogP) is 3.95. The van der Waals surface area contributed by atoms with Crippen molar-refractivity contribution in [2.45, 2.75) is 0 Å². The number of phenols is 1. The van der Waals surface area contributed by atoms with E-state index in [1.807, 2.05) is 0 Å². The number of carbonyl (C=O) groups is 1. The monoisotopic (exact) mass is 464 g/mol. The Morgan fingerprint density at radius 1 is 1.18 bits per heavy atom. The number of nitrogens with zero attached hydrogens (tertiary/aromatic N) is 3. The number of hydrogen-bond acceptors (Lipinski definition) is 8. The number of halogens is 1. The first-order valence-corrected chi connectivity index (χ1v) is 9.05. The normalized spacial score (nSPS) is 11.0. The van der Waals surface area contributed by atoms with E-state index in [4.69, 9.17) is 0 Å². The molecule has 0 aliphatic rings. The molecule has 2 N–H and O–H groups in total. The van der Waals surface area contributed by atoms with E-state index >= 15 is 0 Å². The molecular formula is C16H9BrN4O6S. The molecule has 12 heteroatoms. The lowest BCUT2D eigenvalue weighted by Gasteiger charge is -2.01. The molecule has 2 aromatic carbocycles. The third kappa shape index (κ3) is 3.97. The summed E-state index contributed by atoms with van der Waals surface area (Å²) in [5, 5.41) is 35.7. The van der Waals surface area contributed by atoms with E-state index in [1.54, 1.807) is 6.07 Å². The molecule has 10 nitrogen and oxygen atoms in total. The standard InChI is InChI=1S/C16H9BrN4O6S/c17-11-3-8(4-12(15(11)22)21(26)27)7-18-19-16(23)14-6-9-5-10(20(24)25)1-2-13(9)28-14/h1-7,22H,(H,19,23)/b18-7-. The number of thiophene rings is 1. The molecule has 0 aliphatic heterocycles. The van der Waals surface area contributed by atoms with Gasteiger partial charge in [-0.2, -0.15) is 5.10 Å². The number of nitrogens with one attached hydrogen (secondary N) is 1. The van der Waals surface area contributed by atoms with E-state index in [9.17, 15) is 30.1 Å². The zero-order valence-electron chi connectivity index (χ0n) is 13.7. The van der Waals surface area contributed by atoms with E-state index in [2.05, 4.69) is 26.5 Å². The zero-order chi connectivity index (χ0) is 20.4. The summed E-state index contributed by atoms with van der Waals surface area (Å²) in [6, 6.07) is 8.31. The molecule has 0 saturated carbocycles. The number of amides is 1. The third-order valence-electron chi connectivity index (χ3n) is 3.58. The molecule has 3 rings (SSSR count). The molecule has 0 spiro atoms. The molecular weight excluding hydrogens is 456 g/mol. The van der Waals surface area contributed by atoms with Gasteiger partial charge in [-0.3, -0.25) is 25.0 Å². The summed E-state index contributed by atoms with van der Waals surface area (Å²) in [5.41, 5.74) is 1.99. The van der Waals surface area contributed by atoms with Crippen LogP contribution in [0.25, 0.3) is 10.1 Å². The molecule has 0 fully saturated rings. The number of benzene rings is 2. The van der Waals surface area contributed by atoms with Gasteiger partial charge < -0.3 is 5.11 Å². The molecule has 0 saturated heterocycles. The number of fused-ring (bicyclic) bond motifs is 1.